The first-order valence-electron chi connectivity index (χ1n) is 6.83. The number of aliphatic hydroxyl groups excluding tert-OH is 1. The van der Waals surface area contributed by atoms with Gasteiger partial charge in [0, 0.05) is 18.8 Å². The van der Waals surface area contributed by atoms with Gasteiger partial charge in [-0.3, -0.25) is 0 Å². The number of benzene rings is 1. The van der Waals surface area contributed by atoms with Crippen LogP contribution in [0.1, 0.15) is 25.3 Å². The van der Waals surface area contributed by atoms with E-state index in [1.54, 1.807) is 0 Å². The third-order valence-electron chi connectivity index (χ3n) is 2.96. The highest BCUT2D eigenvalue weighted by atomic mass is 35.5. The van der Waals surface area contributed by atoms with Crippen LogP contribution in [0, 0.1) is 0 Å². The fourth-order valence-corrected chi connectivity index (χ4v) is 2.03. The quantitative estimate of drug-likeness (QED) is 0.824. The first-order chi connectivity index (χ1) is 10.3. The van der Waals surface area contributed by atoms with E-state index in [2.05, 4.69) is 5.32 Å². The minimum absolute atomic E-state index is 0.00108. The molecular weight excluding hydrogens is 321 g/mol. The average Bonchev–Trinajstić information content (AvgIpc) is 2.44. The number of urea groups is 1. The fourth-order valence-electron chi connectivity index (χ4n) is 1.81. The number of anilines is 1. The van der Waals surface area contributed by atoms with Crippen molar-refractivity contribution in [2.75, 3.05) is 25.0 Å². The molecule has 124 valence electrons. The van der Waals surface area contributed by atoms with Gasteiger partial charge in [-0.15, -0.1) is 0 Å². The summed E-state index contributed by atoms with van der Waals surface area (Å²) in [5.41, 5.74) is -1.00. The summed E-state index contributed by atoms with van der Waals surface area (Å²) >= 11 is 5.52. The Hall–Kier alpha value is -1.47. The van der Waals surface area contributed by atoms with E-state index in [0.29, 0.717) is 6.54 Å². The van der Waals surface area contributed by atoms with Crippen molar-refractivity contribution in [1.82, 2.24) is 4.90 Å². The van der Waals surface area contributed by atoms with Crippen LogP contribution in [-0.2, 0) is 6.18 Å². The largest absolute Gasteiger partial charge is 0.417 e. The van der Waals surface area contributed by atoms with Gasteiger partial charge in [-0.25, -0.2) is 4.79 Å². The molecule has 0 unspecified atom stereocenters. The van der Waals surface area contributed by atoms with Gasteiger partial charge < -0.3 is 15.3 Å². The Bertz CT molecular complexity index is 509. The second-order valence-electron chi connectivity index (χ2n) is 4.69. The van der Waals surface area contributed by atoms with Crippen LogP contribution >= 0.6 is 11.6 Å². The second kappa shape index (κ2) is 8.24. The minimum atomic E-state index is -4.59. The summed E-state index contributed by atoms with van der Waals surface area (Å²) < 4.78 is 38.3. The zero-order chi connectivity index (χ0) is 16.8. The molecule has 2 N–H and O–H groups in total. The number of amides is 2. The van der Waals surface area contributed by atoms with Crippen molar-refractivity contribution in [3.8, 4) is 0 Å². The number of nitrogens with one attached hydrogen (secondary N) is 1. The van der Waals surface area contributed by atoms with E-state index in [4.69, 9.17) is 16.7 Å². The highest BCUT2D eigenvalue weighted by Crippen LogP contribution is 2.36. The van der Waals surface area contributed by atoms with Gasteiger partial charge in [0.15, 0.2) is 0 Å². The van der Waals surface area contributed by atoms with Crippen molar-refractivity contribution >= 4 is 23.3 Å². The Balaban J connectivity index is 2.86. The van der Waals surface area contributed by atoms with Crippen molar-refractivity contribution in [3.05, 3.63) is 28.8 Å². The number of alkyl halides is 3. The van der Waals surface area contributed by atoms with Gasteiger partial charge in [0.25, 0.3) is 0 Å². The molecule has 0 saturated carbocycles. The lowest BCUT2D eigenvalue weighted by atomic mass is 10.2. The SMILES string of the molecule is CCCCN(CCO)C(=O)Nc1ccc(Cl)c(C(F)(F)F)c1. The summed E-state index contributed by atoms with van der Waals surface area (Å²) in [5, 5.41) is 10.9. The highest BCUT2D eigenvalue weighted by molar-refractivity contribution is 6.31. The Morgan fingerprint density at radius 2 is 2.05 bits per heavy atom. The van der Waals surface area contributed by atoms with Crippen molar-refractivity contribution < 1.29 is 23.1 Å². The molecule has 22 heavy (non-hydrogen) atoms. The predicted molar refractivity (Wildman–Crippen MR) is 79.0 cm³/mol. The molecule has 0 bridgehead atoms. The molecule has 2 amide bonds. The smallest absolute Gasteiger partial charge is 0.395 e. The van der Waals surface area contributed by atoms with Crippen LogP contribution in [0.4, 0.5) is 23.7 Å². The van der Waals surface area contributed by atoms with Gasteiger partial charge in [0.2, 0.25) is 0 Å². The normalized spacial score (nSPS) is 11.4. The number of carbonyl (C=O) groups is 1. The maximum absolute atomic E-state index is 12.8. The minimum Gasteiger partial charge on any atom is -0.395 e. The van der Waals surface area contributed by atoms with Gasteiger partial charge in [-0.1, -0.05) is 24.9 Å². The number of carbonyl (C=O) groups excluding carboxylic acids is 1. The van der Waals surface area contributed by atoms with Crippen LogP contribution in [0.3, 0.4) is 0 Å². The van der Waals surface area contributed by atoms with E-state index < -0.39 is 22.8 Å². The second-order valence-corrected chi connectivity index (χ2v) is 5.09. The predicted octanol–water partition coefficient (Wildman–Crippen LogP) is 3.99. The van der Waals surface area contributed by atoms with E-state index in [1.807, 2.05) is 6.92 Å². The zero-order valence-corrected chi connectivity index (χ0v) is 12.8. The number of aliphatic hydroxyl groups is 1. The van der Waals surface area contributed by atoms with Crippen molar-refractivity contribution in [3.63, 3.8) is 0 Å². The Morgan fingerprint density at radius 1 is 1.36 bits per heavy atom. The van der Waals surface area contributed by atoms with Gasteiger partial charge in [-0.05, 0) is 24.6 Å². The summed E-state index contributed by atoms with van der Waals surface area (Å²) in [7, 11) is 0. The summed E-state index contributed by atoms with van der Waals surface area (Å²) in [6.07, 6.45) is -3.00. The third kappa shape index (κ3) is 5.38. The number of unbranched alkanes of at least 4 members (excludes halogenated alkanes) is 1. The van der Waals surface area contributed by atoms with Gasteiger partial charge >= 0.3 is 12.2 Å². The topological polar surface area (TPSA) is 52.6 Å². The number of rotatable bonds is 6. The van der Waals surface area contributed by atoms with Crippen molar-refractivity contribution in [1.29, 1.82) is 0 Å². The van der Waals surface area contributed by atoms with Crippen LogP contribution in [0.5, 0.6) is 0 Å². The van der Waals surface area contributed by atoms with Crippen LogP contribution in [0.2, 0.25) is 5.02 Å². The van der Waals surface area contributed by atoms with Gasteiger partial charge in [0.1, 0.15) is 0 Å². The zero-order valence-electron chi connectivity index (χ0n) is 12.1. The Kier molecular flexibility index (Phi) is 6.96. The maximum Gasteiger partial charge on any atom is 0.417 e. The molecule has 0 fully saturated rings. The monoisotopic (exact) mass is 338 g/mol. The molecule has 0 spiro atoms. The van der Waals surface area contributed by atoms with Crippen molar-refractivity contribution in [2.45, 2.75) is 25.9 Å². The number of halogens is 4. The standard InChI is InChI=1S/C14H18ClF3N2O2/c1-2-3-6-20(7-8-21)13(22)19-10-4-5-12(15)11(9-10)14(16,17)18/h4-5,9,21H,2-3,6-8H2,1H3,(H,19,22). The fraction of sp³-hybridized carbons (Fsp3) is 0.500. The van der Waals surface area contributed by atoms with E-state index >= 15 is 0 Å². The Labute approximate surface area is 131 Å². The third-order valence-corrected chi connectivity index (χ3v) is 3.29. The molecule has 0 aromatic heterocycles. The van der Waals surface area contributed by atoms with E-state index in [9.17, 15) is 18.0 Å². The summed E-state index contributed by atoms with van der Waals surface area (Å²) in [4.78, 5) is 13.4. The van der Waals surface area contributed by atoms with Crippen LogP contribution in [0.15, 0.2) is 18.2 Å². The molecular formula is C14H18ClF3N2O2. The molecule has 0 aliphatic heterocycles. The van der Waals surface area contributed by atoms with Gasteiger partial charge in [-0.2, -0.15) is 13.2 Å². The molecule has 8 heteroatoms. The van der Waals surface area contributed by atoms with E-state index in [-0.39, 0.29) is 18.8 Å². The molecule has 0 radical (unpaired) electrons. The first-order valence-corrected chi connectivity index (χ1v) is 7.21. The van der Waals surface area contributed by atoms with Crippen LogP contribution < -0.4 is 5.32 Å². The molecule has 4 nitrogen and oxygen atoms in total. The summed E-state index contributed by atoms with van der Waals surface area (Å²) in [6.45, 7) is 2.27. The Morgan fingerprint density at radius 3 is 2.59 bits per heavy atom. The maximum atomic E-state index is 12.8. The van der Waals surface area contributed by atoms with Gasteiger partial charge in [0.05, 0.1) is 17.2 Å². The lowest BCUT2D eigenvalue weighted by Crippen LogP contribution is -2.37. The van der Waals surface area contributed by atoms with E-state index in [1.165, 1.54) is 11.0 Å². The lowest BCUT2D eigenvalue weighted by molar-refractivity contribution is -0.137. The average molecular weight is 339 g/mol. The van der Waals surface area contributed by atoms with Crippen LogP contribution in [0.25, 0.3) is 0 Å². The molecule has 0 heterocycles. The molecule has 0 saturated heterocycles. The molecule has 0 atom stereocenters. The number of nitrogens with zero attached hydrogens (tertiary/aromatic N) is 1. The van der Waals surface area contributed by atoms with Crippen molar-refractivity contribution in [2.24, 2.45) is 0 Å². The molecule has 1 aromatic carbocycles. The molecule has 0 aliphatic rings. The number of hydrogen-bond acceptors (Lipinski definition) is 2. The lowest BCUT2D eigenvalue weighted by Gasteiger charge is -2.22. The molecule has 1 rings (SSSR count). The van der Waals surface area contributed by atoms with Crippen LogP contribution in [-0.4, -0.2) is 35.7 Å². The number of hydrogen-bond donors (Lipinski definition) is 2. The highest BCUT2D eigenvalue weighted by Gasteiger charge is 2.33. The first kappa shape index (κ1) is 18.6. The molecule has 0 aliphatic carbocycles. The van der Waals surface area contributed by atoms with E-state index in [0.717, 1.165) is 25.0 Å². The molecule has 1 aromatic rings. The summed E-state index contributed by atoms with van der Waals surface area (Å²) in [6, 6.07) is 2.62. The summed E-state index contributed by atoms with van der Waals surface area (Å²) in [5.74, 6) is 0.